The molecule has 3 N–H and O–H groups in total. The van der Waals surface area contributed by atoms with Gasteiger partial charge in [0.15, 0.2) is 11.6 Å². The minimum atomic E-state index is -3.93. The largest absolute Gasteiger partial charge is 0.417 e. The second-order valence-electron chi connectivity index (χ2n) is 6.84. The molecule has 4 rings (SSSR count). The van der Waals surface area contributed by atoms with Crippen molar-refractivity contribution < 1.29 is 31.5 Å². The summed E-state index contributed by atoms with van der Waals surface area (Å²) in [5, 5.41) is 1.89. The Labute approximate surface area is 175 Å². The number of aromatic amines is 1. The van der Waals surface area contributed by atoms with Crippen LogP contribution in [-0.2, 0) is 14.8 Å². The van der Waals surface area contributed by atoms with Crippen LogP contribution in [-0.4, -0.2) is 42.9 Å². The molecule has 31 heavy (non-hydrogen) atoms. The summed E-state index contributed by atoms with van der Waals surface area (Å²) in [6.07, 6.45) is 2.27. The Balaban J connectivity index is 1.50. The number of sulfonamides is 1. The number of aromatic nitrogens is 2. The van der Waals surface area contributed by atoms with Crippen molar-refractivity contribution in [1.82, 2.24) is 9.97 Å². The molecule has 1 fully saturated rings. The predicted octanol–water partition coefficient (Wildman–Crippen LogP) is 3.37. The summed E-state index contributed by atoms with van der Waals surface area (Å²) in [4.78, 5) is 19.1. The smallest absolute Gasteiger partial charge is 0.408 e. The predicted molar refractivity (Wildman–Crippen MR) is 108 cm³/mol. The first-order chi connectivity index (χ1) is 14.8. The van der Waals surface area contributed by atoms with Crippen molar-refractivity contribution in [3.63, 3.8) is 0 Å². The zero-order valence-corrected chi connectivity index (χ0v) is 16.8. The lowest BCUT2D eigenvalue weighted by atomic mass is 10.2. The first-order valence-electron chi connectivity index (χ1n) is 9.33. The summed E-state index contributed by atoms with van der Waals surface area (Å²) in [6.45, 7) is 0.555. The molecular formula is C19H18F2N4O5S. The van der Waals surface area contributed by atoms with E-state index < -0.39 is 44.4 Å². The molecule has 1 amide bonds. The fourth-order valence-corrected chi connectivity index (χ4v) is 4.62. The van der Waals surface area contributed by atoms with E-state index in [2.05, 4.69) is 14.7 Å². The number of nitrogens with one attached hydrogen (secondary N) is 3. The highest BCUT2D eigenvalue weighted by Crippen LogP contribution is 2.29. The van der Waals surface area contributed by atoms with Crippen molar-refractivity contribution in [2.24, 2.45) is 0 Å². The zero-order valence-electron chi connectivity index (χ0n) is 16.0. The van der Waals surface area contributed by atoms with Crippen LogP contribution in [0.5, 0.6) is 5.75 Å². The van der Waals surface area contributed by atoms with E-state index in [0.29, 0.717) is 11.0 Å². The molecule has 3 heterocycles. The number of ether oxygens (including phenoxy) is 2. The third-order valence-electron chi connectivity index (χ3n) is 4.76. The molecule has 3 aromatic rings. The van der Waals surface area contributed by atoms with Crippen molar-refractivity contribution >= 4 is 38.5 Å². The number of carbonyl (C=O) groups excluding carboxylic acids is 1. The van der Waals surface area contributed by atoms with Gasteiger partial charge in [0.2, 0.25) is 10.0 Å². The number of amides is 1. The van der Waals surface area contributed by atoms with Gasteiger partial charge in [0.25, 0.3) is 0 Å². The quantitative estimate of drug-likeness (QED) is 0.546. The summed E-state index contributed by atoms with van der Waals surface area (Å²) in [5.41, 5.74) is -0.749. The van der Waals surface area contributed by atoms with E-state index in [1.165, 1.54) is 12.3 Å². The van der Waals surface area contributed by atoms with Gasteiger partial charge < -0.3 is 14.5 Å². The van der Waals surface area contributed by atoms with E-state index in [1.807, 2.05) is 5.32 Å². The number of fused-ring (bicyclic) bond motifs is 1. The number of carbonyl (C=O) groups is 1. The molecule has 0 spiro atoms. The van der Waals surface area contributed by atoms with Crippen LogP contribution < -0.4 is 14.8 Å². The molecule has 1 aliphatic rings. The van der Waals surface area contributed by atoms with E-state index in [1.54, 1.807) is 12.3 Å². The summed E-state index contributed by atoms with van der Waals surface area (Å²) >= 11 is 0. The molecule has 0 bridgehead atoms. The molecule has 0 saturated carbocycles. The molecule has 9 nitrogen and oxygen atoms in total. The number of hydrogen-bond acceptors (Lipinski definition) is 6. The van der Waals surface area contributed by atoms with Crippen molar-refractivity contribution in [2.45, 2.75) is 18.1 Å². The van der Waals surface area contributed by atoms with Gasteiger partial charge in [-0.3, -0.25) is 10.0 Å². The Morgan fingerprint density at radius 3 is 2.77 bits per heavy atom. The third-order valence-corrected chi connectivity index (χ3v) is 6.62. The van der Waals surface area contributed by atoms with Gasteiger partial charge in [-0.25, -0.2) is 27.0 Å². The van der Waals surface area contributed by atoms with E-state index in [-0.39, 0.29) is 31.8 Å². The Hall–Kier alpha value is -3.25. The number of halogens is 2. The Morgan fingerprint density at radius 1 is 1.23 bits per heavy atom. The fraction of sp³-hybridized carbons (Fsp3) is 0.263. The first-order valence-corrected chi connectivity index (χ1v) is 10.9. The Kier molecular flexibility index (Phi) is 5.74. The molecule has 1 aromatic carbocycles. The number of pyridine rings is 1. The summed E-state index contributed by atoms with van der Waals surface area (Å²) in [7, 11) is -3.93. The van der Waals surface area contributed by atoms with E-state index in [0.717, 1.165) is 12.1 Å². The number of nitrogens with zero attached hydrogens (tertiary/aromatic N) is 1. The lowest BCUT2D eigenvalue weighted by molar-refractivity contribution is 0.0984. The van der Waals surface area contributed by atoms with E-state index >= 15 is 0 Å². The van der Waals surface area contributed by atoms with Gasteiger partial charge in [0.1, 0.15) is 17.2 Å². The van der Waals surface area contributed by atoms with Gasteiger partial charge >= 0.3 is 6.09 Å². The summed E-state index contributed by atoms with van der Waals surface area (Å²) in [5.74, 6) is -2.31. The minimum Gasteiger partial charge on any atom is -0.408 e. The van der Waals surface area contributed by atoms with Gasteiger partial charge in [-0.2, -0.15) is 0 Å². The van der Waals surface area contributed by atoms with Crippen molar-refractivity contribution in [1.29, 1.82) is 0 Å². The van der Waals surface area contributed by atoms with Crippen LogP contribution >= 0.6 is 0 Å². The maximum absolute atomic E-state index is 14.8. The average molecular weight is 452 g/mol. The number of H-pyrrole nitrogens is 1. The van der Waals surface area contributed by atoms with E-state index in [9.17, 15) is 22.0 Å². The maximum atomic E-state index is 14.8. The topological polar surface area (TPSA) is 122 Å². The van der Waals surface area contributed by atoms with Crippen LogP contribution in [0.4, 0.5) is 25.0 Å². The van der Waals surface area contributed by atoms with Gasteiger partial charge in [0.05, 0.1) is 17.1 Å². The molecule has 0 atom stereocenters. The zero-order chi connectivity index (χ0) is 22.0. The highest BCUT2D eigenvalue weighted by molar-refractivity contribution is 7.93. The molecule has 0 unspecified atom stereocenters. The lowest BCUT2D eigenvalue weighted by Crippen LogP contribution is -2.33. The Morgan fingerprint density at radius 2 is 2.00 bits per heavy atom. The minimum absolute atomic E-state index is 0.0572. The van der Waals surface area contributed by atoms with Crippen LogP contribution in [0.15, 0.2) is 36.7 Å². The van der Waals surface area contributed by atoms with Crippen molar-refractivity contribution in [2.75, 3.05) is 23.3 Å². The number of benzene rings is 1. The summed E-state index contributed by atoms with van der Waals surface area (Å²) in [6, 6.07) is 5.01. The fourth-order valence-electron chi connectivity index (χ4n) is 3.18. The van der Waals surface area contributed by atoms with Gasteiger partial charge in [-0.15, -0.1) is 0 Å². The van der Waals surface area contributed by atoms with Gasteiger partial charge in [-0.05, 0) is 37.1 Å². The van der Waals surface area contributed by atoms with Gasteiger partial charge in [0, 0.05) is 24.8 Å². The molecule has 1 saturated heterocycles. The molecule has 12 heteroatoms. The SMILES string of the molecule is O=C(Nc1c(F)ccc(NS(=O)(=O)C2CCOCC2)c1F)Oc1cnc2[nH]ccc2c1. The van der Waals surface area contributed by atoms with Crippen LogP contribution in [0.3, 0.4) is 0 Å². The second kappa shape index (κ2) is 8.47. The van der Waals surface area contributed by atoms with Gasteiger partial charge in [-0.1, -0.05) is 0 Å². The van der Waals surface area contributed by atoms with Crippen molar-refractivity contribution in [3.05, 3.63) is 48.3 Å². The molecular weight excluding hydrogens is 434 g/mol. The third kappa shape index (κ3) is 4.59. The Bertz CT molecular complexity index is 1230. The van der Waals surface area contributed by atoms with Crippen LogP contribution in [0.1, 0.15) is 12.8 Å². The average Bonchev–Trinajstić information content (AvgIpc) is 3.22. The number of anilines is 2. The molecule has 1 aliphatic heterocycles. The second-order valence-corrected chi connectivity index (χ2v) is 8.80. The normalized spacial score (nSPS) is 15.0. The molecule has 0 radical (unpaired) electrons. The first kappa shape index (κ1) is 21.0. The van der Waals surface area contributed by atoms with Crippen molar-refractivity contribution in [3.8, 4) is 5.75 Å². The highest BCUT2D eigenvalue weighted by atomic mass is 32.2. The summed E-state index contributed by atoms with van der Waals surface area (Å²) < 4.78 is 66.3. The standard InChI is InChI=1S/C19H18F2N4O5S/c20-14-1-2-15(25-31(27,28)13-4-7-29-8-5-13)16(21)17(14)24-19(26)30-12-9-11-3-6-22-18(11)23-10-12/h1-3,6,9-10,13,25H,4-5,7-8H2,(H,22,23)(H,24,26). The van der Waals surface area contributed by atoms with Crippen LogP contribution in [0, 0.1) is 11.6 Å². The number of hydrogen-bond donors (Lipinski definition) is 3. The molecule has 164 valence electrons. The maximum Gasteiger partial charge on any atom is 0.417 e. The highest BCUT2D eigenvalue weighted by Gasteiger charge is 2.29. The molecule has 2 aromatic heterocycles. The molecule has 0 aliphatic carbocycles. The number of rotatable bonds is 5. The van der Waals surface area contributed by atoms with E-state index in [4.69, 9.17) is 9.47 Å². The lowest BCUT2D eigenvalue weighted by Gasteiger charge is -2.23. The monoisotopic (exact) mass is 452 g/mol. The van der Waals surface area contributed by atoms with Crippen LogP contribution in [0.2, 0.25) is 0 Å². The van der Waals surface area contributed by atoms with Crippen LogP contribution in [0.25, 0.3) is 11.0 Å².